The Morgan fingerprint density at radius 2 is 1.88 bits per heavy atom. The van der Waals surface area contributed by atoms with E-state index in [9.17, 15) is 5.11 Å². The van der Waals surface area contributed by atoms with Gasteiger partial charge in [-0.15, -0.1) is 6.58 Å². The van der Waals surface area contributed by atoms with Crippen LogP contribution in [0.5, 0.6) is 0 Å². The zero-order valence-electron chi connectivity index (χ0n) is 11.6. The summed E-state index contributed by atoms with van der Waals surface area (Å²) in [6.45, 7) is 10.4. The van der Waals surface area contributed by atoms with Crippen LogP contribution in [0.25, 0.3) is 0 Å². The van der Waals surface area contributed by atoms with E-state index < -0.39 is 0 Å². The molecule has 100 valence electrons. The highest BCUT2D eigenvalue weighted by Crippen LogP contribution is 2.26. The van der Waals surface area contributed by atoms with Gasteiger partial charge in [0.2, 0.25) is 0 Å². The van der Waals surface area contributed by atoms with Crippen LogP contribution in [0.1, 0.15) is 58.8 Å². The second-order valence-corrected chi connectivity index (χ2v) is 5.79. The molecule has 1 N–H and O–H groups in total. The number of hydrogen-bond donors (Lipinski definition) is 1. The summed E-state index contributed by atoms with van der Waals surface area (Å²) in [6, 6.07) is 0. The first-order valence-electron chi connectivity index (χ1n) is 7.13. The average Bonchev–Trinajstić information content (AvgIpc) is 2.82. The minimum absolute atomic E-state index is 0.0467. The molecule has 0 aromatic carbocycles. The second-order valence-electron chi connectivity index (χ2n) is 5.79. The summed E-state index contributed by atoms with van der Waals surface area (Å²) >= 11 is 0. The molecule has 17 heavy (non-hydrogen) atoms. The predicted octanol–water partition coefficient (Wildman–Crippen LogP) is 3.36. The van der Waals surface area contributed by atoms with Gasteiger partial charge in [0.1, 0.15) is 0 Å². The lowest BCUT2D eigenvalue weighted by Crippen LogP contribution is -2.51. The molecule has 1 aliphatic heterocycles. The smallest absolute Gasteiger partial charge is 0.0718 e. The molecule has 1 fully saturated rings. The summed E-state index contributed by atoms with van der Waals surface area (Å²) in [7, 11) is 0. The summed E-state index contributed by atoms with van der Waals surface area (Å²) < 4.78 is 0. The summed E-state index contributed by atoms with van der Waals surface area (Å²) in [6.07, 6.45) is 9.94. The topological polar surface area (TPSA) is 23.5 Å². The van der Waals surface area contributed by atoms with Gasteiger partial charge in [-0.1, -0.05) is 18.9 Å². The third-order valence-corrected chi connectivity index (χ3v) is 4.12. The maximum absolute atomic E-state index is 10.3. The Morgan fingerprint density at radius 3 is 2.47 bits per heavy atom. The minimum atomic E-state index is -0.190. The van der Waals surface area contributed by atoms with Crippen LogP contribution in [0, 0.1) is 0 Å². The van der Waals surface area contributed by atoms with E-state index in [1.54, 1.807) is 0 Å². The van der Waals surface area contributed by atoms with E-state index >= 15 is 0 Å². The van der Waals surface area contributed by atoms with Gasteiger partial charge in [0.05, 0.1) is 6.10 Å². The monoisotopic (exact) mass is 239 g/mol. The van der Waals surface area contributed by atoms with Crippen LogP contribution in [0.4, 0.5) is 0 Å². The van der Waals surface area contributed by atoms with Crippen LogP contribution in [0.2, 0.25) is 0 Å². The SMILES string of the molecule is C=CCCCCCC(O)C(C)(C)N1CCCC1. The summed E-state index contributed by atoms with van der Waals surface area (Å²) in [5.74, 6) is 0. The van der Waals surface area contributed by atoms with Crippen molar-refractivity contribution in [2.45, 2.75) is 70.4 Å². The van der Waals surface area contributed by atoms with Crippen molar-refractivity contribution in [2.75, 3.05) is 13.1 Å². The Bertz CT molecular complexity index is 219. The summed E-state index contributed by atoms with van der Waals surface area (Å²) in [5.41, 5.74) is -0.0467. The van der Waals surface area contributed by atoms with Gasteiger partial charge in [-0.25, -0.2) is 0 Å². The van der Waals surface area contributed by atoms with E-state index in [0.29, 0.717) is 0 Å². The number of likely N-dealkylation sites (tertiary alicyclic amines) is 1. The predicted molar refractivity (Wildman–Crippen MR) is 74.2 cm³/mol. The normalized spacial score (nSPS) is 19.5. The molecule has 2 nitrogen and oxygen atoms in total. The average molecular weight is 239 g/mol. The maximum atomic E-state index is 10.3. The summed E-state index contributed by atoms with van der Waals surface area (Å²) in [4.78, 5) is 2.45. The van der Waals surface area contributed by atoms with Crippen LogP contribution < -0.4 is 0 Å². The first-order valence-corrected chi connectivity index (χ1v) is 7.13. The molecule has 1 aliphatic rings. The number of aliphatic hydroxyl groups is 1. The molecular formula is C15H29NO. The number of hydrogen-bond acceptors (Lipinski definition) is 2. The van der Waals surface area contributed by atoms with Crippen molar-refractivity contribution in [2.24, 2.45) is 0 Å². The molecule has 2 heteroatoms. The number of nitrogens with zero attached hydrogens (tertiary/aromatic N) is 1. The lowest BCUT2D eigenvalue weighted by atomic mass is 9.91. The fourth-order valence-corrected chi connectivity index (χ4v) is 2.66. The van der Waals surface area contributed by atoms with Crippen molar-refractivity contribution >= 4 is 0 Å². The van der Waals surface area contributed by atoms with Gasteiger partial charge in [0.25, 0.3) is 0 Å². The van der Waals surface area contributed by atoms with Gasteiger partial charge >= 0.3 is 0 Å². The van der Waals surface area contributed by atoms with E-state index in [-0.39, 0.29) is 11.6 Å². The molecule has 0 spiro atoms. The fourth-order valence-electron chi connectivity index (χ4n) is 2.66. The third-order valence-electron chi connectivity index (χ3n) is 4.12. The second kappa shape index (κ2) is 7.17. The number of unbranched alkanes of at least 4 members (excludes halogenated alkanes) is 3. The molecule has 1 heterocycles. The van der Waals surface area contributed by atoms with Crippen molar-refractivity contribution in [3.63, 3.8) is 0 Å². The Labute approximate surface area is 107 Å². The first kappa shape index (κ1) is 14.7. The molecule has 1 saturated heterocycles. The Hall–Kier alpha value is -0.340. The molecule has 0 saturated carbocycles. The van der Waals surface area contributed by atoms with Gasteiger partial charge in [-0.2, -0.15) is 0 Å². The molecule has 0 aliphatic carbocycles. The van der Waals surface area contributed by atoms with Crippen molar-refractivity contribution in [3.8, 4) is 0 Å². The molecule has 0 radical (unpaired) electrons. The zero-order valence-corrected chi connectivity index (χ0v) is 11.6. The Balaban J connectivity index is 2.24. The molecule has 0 amide bonds. The van der Waals surface area contributed by atoms with Crippen molar-refractivity contribution < 1.29 is 5.11 Å². The number of allylic oxidation sites excluding steroid dienone is 1. The Kier molecular flexibility index (Phi) is 6.21. The van der Waals surface area contributed by atoms with Crippen molar-refractivity contribution in [1.29, 1.82) is 0 Å². The van der Waals surface area contributed by atoms with Crippen molar-refractivity contribution in [1.82, 2.24) is 4.90 Å². The van der Waals surface area contributed by atoms with Crippen LogP contribution >= 0.6 is 0 Å². The van der Waals surface area contributed by atoms with Crippen LogP contribution in [0.3, 0.4) is 0 Å². The molecule has 1 atom stereocenters. The van der Waals surface area contributed by atoms with Gasteiger partial charge < -0.3 is 5.11 Å². The number of aliphatic hydroxyl groups excluding tert-OH is 1. The quantitative estimate of drug-likeness (QED) is 0.518. The van der Waals surface area contributed by atoms with E-state index in [1.165, 1.54) is 25.7 Å². The van der Waals surface area contributed by atoms with Gasteiger partial charge in [-0.3, -0.25) is 4.90 Å². The molecule has 1 unspecified atom stereocenters. The van der Waals surface area contributed by atoms with Gasteiger partial charge in [0.15, 0.2) is 0 Å². The van der Waals surface area contributed by atoms with E-state index in [1.807, 2.05) is 6.08 Å². The van der Waals surface area contributed by atoms with E-state index in [2.05, 4.69) is 25.3 Å². The minimum Gasteiger partial charge on any atom is -0.391 e. The highest BCUT2D eigenvalue weighted by Gasteiger charge is 2.35. The highest BCUT2D eigenvalue weighted by molar-refractivity contribution is 4.90. The molecule has 0 aromatic rings. The van der Waals surface area contributed by atoms with E-state index in [4.69, 9.17) is 0 Å². The maximum Gasteiger partial charge on any atom is 0.0718 e. The largest absolute Gasteiger partial charge is 0.391 e. The summed E-state index contributed by atoms with van der Waals surface area (Å²) in [5, 5.41) is 10.3. The zero-order chi connectivity index (χ0) is 12.7. The molecular weight excluding hydrogens is 210 g/mol. The Morgan fingerprint density at radius 1 is 1.24 bits per heavy atom. The van der Waals surface area contributed by atoms with Gasteiger partial charge in [-0.05, 0) is 59.0 Å². The van der Waals surface area contributed by atoms with Crippen LogP contribution in [-0.2, 0) is 0 Å². The van der Waals surface area contributed by atoms with Gasteiger partial charge in [0, 0.05) is 5.54 Å². The highest BCUT2D eigenvalue weighted by atomic mass is 16.3. The number of rotatable bonds is 8. The third kappa shape index (κ3) is 4.44. The van der Waals surface area contributed by atoms with Crippen LogP contribution in [0.15, 0.2) is 12.7 Å². The van der Waals surface area contributed by atoms with Crippen molar-refractivity contribution in [3.05, 3.63) is 12.7 Å². The molecule has 0 aromatic heterocycles. The lowest BCUT2D eigenvalue weighted by Gasteiger charge is -2.39. The van der Waals surface area contributed by atoms with E-state index in [0.717, 1.165) is 32.4 Å². The fraction of sp³-hybridized carbons (Fsp3) is 0.867. The molecule has 1 rings (SSSR count). The first-order chi connectivity index (χ1) is 8.09. The standard InChI is InChI=1S/C15H29NO/c1-4-5-6-7-8-11-14(17)15(2,3)16-12-9-10-13-16/h4,14,17H,1,5-13H2,2-3H3. The molecule has 0 bridgehead atoms. The van der Waals surface area contributed by atoms with Crippen LogP contribution in [-0.4, -0.2) is 34.7 Å². The lowest BCUT2D eigenvalue weighted by molar-refractivity contribution is -0.00320.